The SMILES string of the molecule is Cc1c(F)cccc1[C@@H]1CCCCN1. The van der Waals surface area contributed by atoms with E-state index in [0.29, 0.717) is 6.04 Å². The summed E-state index contributed by atoms with van der Waals surface area (Å²) >= 11 is 0. The molecule has 0 aliphatic carbocycles. The average Bonchev–Trinajstić information content (AvgIpc) is 2.23. The van der Waals surface area contributed by atoms with Gasteiger partial charge in [-0.1, -0.05) is 18.6 Å². The molecule has 2 heteroatoms. The van der Waals surface area contributed by atoms with Gasteiger partial charge in [-0.15, -0.1) is 0 Å². The first kappa shape index (κ1) is 9.66. The number of nitrogens with one attached hydrogen (secondary N) is 1. The van der Waals surface area contributed by atoms with Crippen LogP contribution in [-0.2, 0) is 0 Å². The molecule has 1 N–H and O–H groups in total. The van der Waals surface area contributed by atoms with Crippen LogP contribution in [0.4, 0.5) is 4.39 Å². The standard InChI is InChI=1S/C12H16FN/c1-9-10(5-4-6-11(9)13)12-7-2-3-8-14-12/h4-6,12,14H,2-3,7-8H2,1H3/t12-/m0/s1. The van der Waals surface area contributed by atoms with Gasteiger partial charge < -0.3 is 5.32 Å². The second-order valence-corrected chi connectivity index (χ2v) is 3.96. The van der Waals surface area contributed by atoms with Gasteiger partial charge in [0.2, 0.25) is 0 Å². The second kappa shape index (κ2) is 4.09. The zero-order chi connectivity index (χ0) is 9.97. The van der Waals surface area contributed by atoms with E-state index < -0.39 is 0 Å². The van der Waals surface area contributed by atoms with E-state index in [9.17, 15) is 4.39 Å². The number of hydrogen-bond donors (Lipinski definition) is 1. The van der Waals surface area contributed by atoms with Crippen molar-refractivity contribution in [2.24, 2.45) is 0 Å². The molecule has 1 aliphatic rings. The minimum atomic E-state index is -0.0881. The maximum Gasteiger partial charge on any atom is 0.126 e. The summed E-state index contributed by atoms with van der Waals surface area (Å²) in [4.78, 5) is 0. The lowest BCUT2D eigenvalue weighted by Gasteiger charge is -2.25. The Hall–Kier alpha value is -0.890. The molecule has 0 saturated carbocycles. The molecule has 0 amide bonds. The summed E-state index contributed by atoms with van der Waals surface area (Å²) in [7, 11) is 0. The van der Waals surface area contributed by atoms with Crippen molar-refractivity contribution in [2.75, 3.05) is 6.54 Å². The molecule has 14 heavy (non-hydrogen) atoms. The summed E-state index contributed by atoms with van der Waals surface area (Å²) in [5.74, 6) is -0.0881. The Bertz CT molecular complexity index is 316. The van der Waals surface area contributed by atoms with Crippen molar-refractivity contribution in [1.82, 2.24) is 5.32 Å². The maximum atomic E-state index is 13.3. The topological polar surface area (TPSA) is 12.0 Å². The van der Waals surface area contributed by atoms with Crippen LogP contribution in [0.25, 0.3) is 0 Å². The highest BCUT2D eigenvalue weighted by Gasteiger charge is 2.17. The first-order chi connectivity index (χ1) is 6.79. The molecule has 2 rings (SSSR count). The minimum Gasteiger partial charge on any atom is -0.310 e. The number of hydrogen-bond acceptors (Lipinski definition) is 1. The fraction of sp³-hybridized carbons (Fsp3) is 0.500. The van der Waals surface area contributed by atoms with Crippen LogP contribution in [-0.4, -0.2) is 6.54 Å². The van der Waals surface area contributed by atoms with Gasteiger partial charge >= 0.3 is 0 Å². The molecule has 1 atom stereocenters. The van der Waals surface area contributed by atoms with Gasteiger partial charge in [-0.05, 0) is 43.5 Å². The van der Waals surface area contributed by atoms with E-state index in [1.165, 1.54) is 18.9 Å². The quantitative estimate of drug-likeness (QED) is 0.723. The Kier molecular flexibility index (Phi) is 2.82. The van der Waals surface area contributed by atoms with Gasteiger partial charge in [0.05, 0.1) is 0 Å². The molecule has 0 bridgehead atoms. The predicted molar refractivity (Wildman–Crippen MR) is 55.7 cm³/mol. The molecule has 0 spiro atoms. The Morgan fingerprint density at radius 1 is 1.36 bits per heavy atom. The van der Waals surface area contributed by atoms with Crippen molar-refractivity contribution in [3.05, 3.63) is 35.1 Å². The van der Waals surface area contributed by atoms with Crippen LogP contribution in [0, 0.1) is 12.7 Å². The number of piperidine rings is 1. The zero-order valence-electron chi connectivity index (χ0n) is 8.52. The highest BCUT2D eigenvalue weighted by molar-refractivity contribution is 5.30. The molecule has 0 aromatic heterocycles. The van der Waals surface area contributed by atoms with Crippen molar-refractivity contribution in [3.8, 4) is 0 Å². The molecule has 1 heterocycles. The van der Waals surface area contributed by atoms with E-state index in [1.807, 2.05) is 13.0 Å². The molecule has 1 fully saturated rings. The lowest BCUT2D eigenvalue weighted by Crippen LogP contribution is -2.27. The molecule has 76 valence electrons. The first-order valence-corrected chi connectivity index (χ1v) is 5.27. The van der Waals surface area contributed by atoms with Crippen LogP contribution in [0.2, 0.25) is 0 Å². The molecule has 1 aliphatic heterocycles. The summed E-state index contributed by atoms with van der Waals surface area (Å²) < 4.78 is 13.3. The van der Waals surface area contributed by atoms with Gasteiger partial charge in [0.15, 0.2) is 0 Å². The Morgan fingerprint density at radius 2 is 2.21 bits per heavy atom. The van der Waals surface area contributed by atoms with Gasteiger partial charge in [-0.2, -0.15) is 0 Å². The van der Waals surface area contributed by atoms with Crippen molar-refractivity contribution in [2.45, 2.75) is 32.2 Å². The van der Waals surface area contributed by atoms with E-state index in [4.69, 9.17) is 0 Å². The van der Waals surface area contributed by atoms with E-state index in [0.717, 1.165) is 24.1 Å². The third-order valence-electron chi connectivity index (χ3n) is 3.00. The van der Waals surface area contributed by atoms with Gasteiger partial charge in [-0.25, -0.2) is 4.39 Å². The van der Waals surface area contributed by atoms with Gasteiger partial charge in [0.25, 0.3) is 0 Å². The summed E-state index contributed by atoms with van der Waals surface area (Å²) in [6, 6.07) is 5.72. The molecular weight excluding hydrogens is 177 g/mol. The fourth-order valence-corrected chi connectivity index (χ4v) is 2.12. The monoisotopic (exact) mass is 193 g/mol. The van der Waals surface area contributed by atoms with E-state index >= 15 is 0 Å². The third kappa shape index (κ3) is 1.80. The smallest absolute Gasteiger partial charge is 0.126 e. The zero-order valence-corrected chi connectivity index (χ0v) is 8.52. The predicted octanol–water partition coefficient (Wildman–Crippen LogP) is 2.95. The van der Waals surface area contributed by atoms with Gasteiger partial charge in [0, 0.05) is 6.04 Å². The van der Waals surface area contributed by atoms with Crippen molar-refractivity contribution < 1.29 is 4.39 Å². The van der Waals surface area contributed by atoms with Crippen LogP contribution >= 0.6 is 0 Å². The maximum absolute atomic E-state index is 13.3. The average molecular weight is 193 g/mol. The Balaban J connectivity index is 2.26. The van der Waals surface area contributed by atoms with Crippen molar-refractivity contribution >= 4 is 0 Å². The van der Waals surface area contributed by atoms with Crippen molar-refractivity contribution in [3.63, 3.8) is 0 Å². The summed E-state index contributed by atoms with van der Waals surface area (Å²) in [6.45, 7) is 2.92. The molecular formula is C12H16FN. The van der Waals surface area contributed by atoms with Crippen LogP contribution in [0.15, 0.2) is 18.2 Å². The normalized spacial score (nSPS) is 22.3. The van der Waals surface area contributed by atoms with Crippen LogP contribution in [0.5, 0.6) is 0 Å². The highest BCUT2D eigenvalue weighted by atomic mass is 19.1. The van der Waals surface area contributed by atoms with Gasteiger partial charge in [-0.3, -0.25) is 0 Å². The minimum absolute atomic E-state index is 0.0881. The van der Waals surface area contributed by atoms with E-state index in [1.54, 1.807) is 6.07 Å². The molecule has 0 radical (unpaired) electrons. The van der Waals surface area contributed by atoms with Crippen LogP contribution in [0.3, 0.4) is 0 Å². The Labute approximate surface area is 84.3 Å². The van der Waals surface area contributed by atoms with Crippen molar-refractivity contribution in [1.29, 1.82) is 0 Å². The lowest BCUT2D eigenvalue weighted by molar-refractivity contribution is 0.409. The number of rotatable bonds is 1. The number of benzene rings is 1. The molecule has 0 unspecified atom stereocenters. The summed E-state index contributed by atoms with van der Waals surface area (Å²) in [5.41, 5.74) is 1.93. The molecule has 1 saturated heterocycles. The second-order valence-electron chi connectivity index (χ2n) is 3.96. The highest BCUT2D eigenvalue weighted by Crippen LogP contribution is 2.26. The summed E-state index contributed by atoms with van der Waals surface area (Å²) in [5, 5.41) is 3.44. The first-order valence-electron chi connectivity index (χ1n) is 5.27. The van der Waals surface area contributed by atoms with E-state index in [2.05, 4.69) is 5.32 Å². The third-order valence-corrected chi connectivity index (χ3v) is 3.00. The lowest BCUT2D eigenvalue weighted by atomic mass is 9.94. The van der Waals surface area contributed by atoms with Gasteiger partial charge in [0.1, 0.15) is 5.82 Å². The molecule has 1 aromatic rings. The number of halogens is 1. The largest absolute Gasteiger partial charge is 0.310 e. The molecule has 1 nitrogen and oxygen atoms in total. The molecule has 1 aromatic carbocycles. The summed E-state index contributed by atoms with van der Waals surface area (Å²) in [6.07, 6.45) is 3.61. The van der Waals surface area contributed by atoms with Crippen LogP contribution in [0.1, 0.15) is 36.4 Å². The van der Waals surface area contributed by atoms with Crippen LogP contribution < -0.4 is 5.32 Å². The fourth-order valence-electron chi connectivity index (χ4n) is 2.12. The van der Waals surface area contributed by atoms with E-state index in [-0.39, 0.29) is 5.82 Å². The Morgan fingerprint density at radius 3 is 2.93 bits per heavy atom.